The lowest BCUT2D eigenvalue weighted by Gasteiger charge is -2.27. The Hall–Kier alpha value is -1.44. The van der Waals surface area contributed by atoms with E-state index in [1.807, 2.05) is 0 Å². The van der Waals surface area contributed by atoms with Gasteiger partial charge in [0.25, 0.3) is 0 Å². The van der Waals surface area contributed by atoms with Crippen LogP contribution in [0, 0.1) is 0 Å². The van der Waals surface area contributed by atoms with Crippen molar-refractivity contribution >= 4 is 29.7 Å². The summed E-state index contributed by atoms with van der Waals surface area (Å²) in [6, 6.07) is -1.28. The number of carbonyl (C=O) groups is 3. The Bertz CT molecular complexity index is 398. The number of thioether (sulfide) groups is 1. The molecule has 2 saturated heterocycles. The topological polar surface area (TPSA) is 90.0 Å². The number of carbonyl (C=O) groups excluding carboxylic acids is 2. The minimum absolute atomic E-state index is 0.0632. The molecule has 0 aromatic carbocycles. The molecule has 1 unspecified atom stereocenters. The minimum Gasteiger partial charge on any atom is -0.480 e. The molecular formula is C12H19N3O4S. The van der Waals surface area contributed by atoms with Gasteiger partial charge in [0, 0.05) is 18.8 Å². The summed E-state index contributed by atoms with van der Waals surface area (Å²) in [5.74, 6) is -0.368. The van der Waals surface area contributed by atoms with Crippen molar-refractivity contribution in [3.8, 4) is 0 Å². The molecule has 3 amide bonds. The van der Waals surface area contributed by atoms with Gasteiger partial charge in [-0.3, -0.25) is 4.79 Å². The fraction of sp³-hybridized carbons (Fsp3) is 0.750. The fourth-order valence-corrected chi connectivity index (χ4v) is 3.50. The van der Waals surface area contributed by atoms with Crippen LogP contribution in [-0.4, -0.2) is 70.1 Å². The molecule has 2 fully saturated rings. The van der Waals surface area contributed by atoms with Gasteiger partial charge in [0.15, 0.2) is 0 Å². The van der Waals surface area contributed by atoms with Crippen LogP contribution in [0.5, 0.6) is 0 Å². The zero-order valence-corrected chi connectivity index (χ0v) is 12.0. The first kappa shape index (κ1) is 15.0. The molecule has 20 heavy (non-hydrogen) atoms. The Morgan fingerprint density at radius 3 is 2.55 bits per heavy atom. The zero-order chi connectivity index (χ0) is 14.5. The second kappa shape index (κ2) is 6.83. The number of nitrogens with one attached hydrogen (secondary N) is 1. The van der Waals surface area contributed by atoms with Crippen molar-refractivity contribution in [1.82, 2.24) is 15.1 Å². The second-order valence-corrected chi connectivity index (χ2v) is 5.92. The van der Waals surface area contributed by atoms with Gasteiger partial charge in [0.2, 0.25) is 5.91 Å². The SMILES string of the molecule is O=C(O)C1CSCN1C(=O)NCC(=O)N1CCCCC1. The summed E-state index contributed by atoms with van der Waals surface area (Å²) in [4.78, 5) is 37.8. The van der Waals surface area contributed by atoms with E-state index in [2.05, 4.69) is 5.32 Å². The number of aliphatic carboxylic acids is 1. The van der Waals surface area contributed by atoms with Crippen LogP contribution in [0.2, 0.25) is 0 Å². The number of hydrogen-bond acceptors (Lipinski definition) is 4. The molecule has 0 aromatic heterocycles. The summed E-state index contributed by atoms with van der Waals surface area (Å²) in [6.07, 6.45) is 3.15. The molecule has 0 saturated carbocycles. The molecule has 0 aliphatic carbocycles. The van der Waals surface area contributed by atoms with Gasteiger partial charge in [-0.1, -0.05) is 0 Å². The molecular weight excluding hydrogens is 282 g/mol. The van der Waals surface area contributed by atoms with E-state index in [1.165, 1.54) is 16.7 Å². The van der Waals surface area contributed by atoms with Gasteiger partial charge in [-0.25, -0.2) is 9.59 Å². The van der Waals surface area contributed by atoms with Crippen molar-refractivity contribution in [1.29, 1.82) is 0 Å². The highest BCUT2D eigenvalue weighted by atomic mass is 32.2. The van der Waals surface area contributed by atoms with Crippen LogP contribution in [0.15, 0.2) is 0 Å². The lowest BCUT2D eigenvalue weighted by molar-refractivity contribution is -0.140. The minimum atomic E-state index is -1.01. The largest absolute Gasteiger partial charge is 0.480 e. The molecule has 2 N–H and O–H groups in total. The molecule has 2 rings (SSSR count). The summed E-state index contributed by atoms with van der Waals surface area (Å²) in [7, 11) is 0. The van der Waals surface area contributed by atoms with Crippen LogP contribution in [0.4, 0.5) is 4.79 Å². The van der Waals surface area contributed by atoms with E-state index in [9.17, 15) is 14.4 Å². The normalized spacial score (nSPS) is 22.7. The number of piperidine rings is 1. The van der Waals surface area contributed by atoms with E-state index in [0.717, 1.165) is 32.4 Å². The van der Waals surface area contributed by atoms with Crippen molar-refractivity contribution in [2.24, 2.45) is 0 Å². The predicted octanol–water partition coefficient (Wildman–Crippen LogP) is 0.168. The second-order valence-electron chi connectivity index (χ2n) is 4.92. The summed E-state index contributed by atoms with van der Waals surface area (Å²) in [5, 5.41) is 11.5. The van der Waals surface area contributed by atoms with Crippen molar-refractivity contribution in [2.75, 3.05) is 31.3 Å². The molecule has 0 radical (unpaired) electrons. The zero-order valence-electron chi connectivity index (χ0n) is 11.2. The molecule has 2 aliphatic heterocycles. The highest BCUT2D eigenvalue weighted by molar-refractivity contribution is 7.99. The highest BCUT2D eigenvalue weighted by Crippen LogP contribution is 2.20. The van der Waals surface area contributed by atoms with E-state index >= 15 is 0 Å². The lowest BCUT2D eigenvalue weighted by Crippen LogP contribution is -2.50. The van der Waals surface area contributed by atoms with Crippen LogP contribution in [0.1, 0.15) is 19.3 Å². The molecule has 2 heterocycles. The van der Waals surface area contributed by atoms with Crippen LogP contribution in [-0.2, 0) is 9.59 Å². The maximum atomic E-state index is 11.9. The third kappa shape index (κ3) is 3.56. The van der Waals surface area contributed by atoms with E-state index in [1.54, 1.807) is 4.90 Å². The number of likely N-dealkylation sites (tertiary alicyclic amines) is 1. The summed E-state index contributed by atoms with van der Waals surface area (Å²) in [5.41, 5.74) is 0. The number of amides is 3. The first-order valence-electron chi connectivity index (χ1n) is 6.72. The Labute approximate surface area is 121 Å². The standard InChI is InChI=1S/C12H19N3O4S/c16-10(14-4-2-1-3-5-14)6-13-12(19)15-8-20-7-9(15)11(17)18/h9H,1-8H2,(H,13,19)(H,17,18). The van der Waals surface area contributed by atoms with Crippen molar-refractivity contribution in [3.63, 3.8) is 0 Å². The lowest BCUT2D eigenvalue weighted by atomic mass is 10.1. The van der Waals surface area contributed by atoms with Gasteiger partial charge in [-0.2, -0.15) is 0 Å². The Morgan fingerprint density at radius 2 is 1.90 bits per heavy atom. The van der Waals surface area contributed by atoms with Crippen LogP contribution in [0.25, 0.3) is 0 Å². The monoisotopic (exact) mass is 301 g/mol. The Kier molecular flexibility index (Phi) is 5.11. The van der Waals surface area contributed by atoms with Gasteiger partial charge in [-0.05, 0) is 19.3 Å². The summed E-state index contributed by atoms with van der Waals surface area (Å²) in [6.45, 7) is 1.42. The molecule has 1 atom stereocenters. The van der Waals surface area contributed by atoms with Crippen molar-refractivity contribution < 1.29 is 19.5 Å². The smallest absolute Gasteiger partial charge is 0.327 e. The molecule has 2 aliphatic rings. The van der Waals surface area contributed by atoms with Gasteiger partial charge in [0.05, 0.1) is 12.4 Å². The van der Waals surface area contributed by atoms with Crippen LogP contribution in [0.3, 0.4) is 0 Å². The van der Waals surface area contributed by atoms with Crippen molar-refractivity contribution in [3.05, 3.63) is 0 Å². The van der Waals surface area contributed by atoms with E-state index in [4.69, 9.17) is 5.11 Å². The van der Waals surface area contributed by atoms with Crippen LogP contribution < -0.4 is 5.32 Å². The third-order valence-corrected chi connectivity index (χ3v) is 4.54. The van der Waals surface area contributed by atoms with Crippen molar-refractivity contribution in [2.45, 2.75) is 25.3 Å². The van der Waals surface area contributed by atoms with Gasteiger partial charge in [-0.15, -0.1) is 11.8 Å². The molecule has 8 heteroatoms. The molecule has 7 nitrogen and oxygen atoms in total. The van der Waals surface area contributed by atoms with Crippen LogP contribution >= 0.6 is 11.8 Å². The first-order valence-corrected chi connectivity index (χ1v) is 7.88. The first-order chi connectivity index (χ1) is 9.59. The Morgan fingerprint density at radius 1 is 1.20 bits per heavy atom. The quantitative estimate of drug-likeness (QED) is 0.775. The number of rotatable bonds is 3. The van der Waals surface area contributed by atoms with Gasteiger partial charge >= 0.3 is 12.0 Å². The maximum absolute atomic E-state index is 11.9. The fourth-order valence-electron chi connectivity index (χ4n) is 2.36. The van der Waals surface area contributed by atoms with E-state index in [0.29, 0.717) is 11.6 Å². The number of urea groups is 1. The average molecular weight is 301 g/mol. The highest BCUT2D eigenvalue weighted by Gasteiger charge is 2.34. The molecule has 0 bridgehead atoms. The molecule has 112 valence electrons. The van der Waals surface area contributed by atoms with Gasteiger partial charge in [0.1, 0.15) is 6.04 Å². The maximum Gasteiger partial charge on any atom is 0.327 e. The van der Waals surface area contributed by atoms with Gasteiger partial charge < -0.3 is 20.2 Å². The van der Waals surface area contributed by atoms with E-state index < -0.39 is 18.0 Å². The third-order valence-electron chi connectivity index (χ3n) is 3.53. The summed E-state index contributed by atoms with van der Waals surface area (Å²) >= 11 is 1.40. The number of carboxylic acid groups (broad SMARTS) is 1. The van der Waals surface area contributed by atoms with E-state index in [-0.39, 0.29) is 12.5 Å². The molecule has 0 spiro atoms. The molecule has 0 aromatic rings. The number of nitrogens with zero attached hydrogens (tertiary/aromatic N) is 2. The number of hydrogen-bond donors (Lipinski definition) is 2. The summed E-state index contributed by atoms with van der Waals surface area (Å²) < 4.78 is 0. The average Bonchev–Trinajstić information content (AvgIpc) is 2.95. The number of carboxylic acids is 1. The Balaban J connectivity index is 1.79. The predicted molar refractivity (Wildman–Crippen MR) is 74.4 cm³/mol.